The lowest BCUT2D eigenvalue weighted by Gasteiger charge is -2.14. The molecule has 1 atom stereocenters. The molecule has 2 rings (SSSR count). The van der Waals surface area contributed by atoms with Gasteiger partial charge >= 0.3 is 0 Å². The highest BCUT2D eigenvalue weighted by Crippen LogP contribution is 2.19. The maximum absolute atomic E-state index is 12.0. The SMILES string of the molecule is O=C(CCN1CCC(CO)C1)c1ccccc1Cl. The van der Waals surface area contributed by atoms with Crippen molar-refractivity contribution < 1.29 is 9.90 Å². The number of Topliss-reactive ketones (excluding diaryl/α,β-unsaturated/α-hetero) is 1. The Morgan fingerprint density at radius 3 is 2.89 bits per heavy atom. The van der Waals surface area contributed by atoms with E-state index in [4.69, 9.17) is 16.7 Å². The van der Waals surface area contributed by atoms with Crippen molar-refractivity contribution in [3.05, 3.63) is 34.9 Å². The van der Waals surface area contributed by atoms with Gasteiger partial charge < -0.3 is 10.0 Å². The minimum Gasteiger partial charge on any atom is -0.396 e. The van der Waals surface area contributed by atoms with Crippen molar-refractivity contribution >= 4 is 17.4 Å². The fourth-order valence-corrected chi connectivity index (χ4v) is 2.59. The number of aliphatic hydroxyl groups excluding tert-OH is 1. The molecule has 1 aromatic rings. The molecule has 1 N–H and O–H groups in total. The summed E-state index contributed by atoms with van der Waals surface area (Å²) in [7, 11) is 0. The summed E-state index contributed by atoms with van der Waals surface area (Å²) in [6.45, 7) is 2.86. The van der Waals surface area contributed by atoms with Gasteiger partial charge in [0.2, 0.25) is 0 Å². The first-order valence-electron chi connectivity index (χ1n) is 6.31. The van der Waals surface area contributed by atoms with Gasteiger partial charge in [0.25, 0.3) is 0 Å². The number of halogens is 1. The van der Waals surface area contributed by atoms with E-state index < -0.39 is 0 Å². The molecule has 18 heavy (non-hydrogen) atoms. The Morgan fingerprint density at radius 1 is 1.44 bits per heavy atom. The fourth-order valence-electron chi connectivity index (χ4n) is 2.35. The molecule has 1 aliphatic heterocycles. The number of nitrogens with zero attached hydrogens (tertiary/aromatic N) is 1. The van der Waals surface area contributed by atoms with Crippen LogP contribution in [0.2, 0.25) is 5.02 Å². The highest BCUT2D eigenvalue weighted by molar-refractivity contribution is 6.33. The zero-order chi connectivity index (χ0) is 13.0. The fraction of sp³-hybridized carbons (Fsp3) is 0.500. The molecular weight excluding hydrogens is 250 g/mol. The van der Waals surface area contributed by atoms with Gasteiger partial charge in [-0.25, -0.2) is 0 Å². The molecule has 3 nitrogen and oxygen atoms in total. The van der Waals surface area contributed by atoms with Gasteiger partial charge in [0.05, 0.1) is 5.02 Å². The van der Waals surface area contributed by atoms with E-state index in [1.807, 2.05) is 12.1 Å². The topological polar surface area (TPSA) is 40.5 Å². The van der Waals surface area contributed by atoms with Crippen molar-refractivity contribution in [3.63, 3.8) is 0 Å². The van der Waals surface area contributed by atoms with Crippen LogP contribution in [-0.4, -0.2) is 42.0 Å². The highest BCUT2D eigenvalue weighted by Gasteiger charge is 2.22. The summed E-state index contributed by atoms with van der Waals surface area (Å²) >= 11 is 5.99. The van der Waals surface area contributed by atoms with Crippen LogP contribution < -0.4 is 0 Å². The first-order chi connectivity index (χ1) is 8.70. The van der Waals surface area contributed by atoms with E-state index in [0.29, 0.717) is 22.9 Å². The quantitative estimate of drug-likeness (QED) is 0.832. The molecule has 0 amide bonds. The summed E-state index contributed by atoms with van der Waals surface area (Å²) in [5.74, 6) is 0.466. The van der Waals surface area contributed by atoms with Crippen molar-refractivity contribution in [2.24, 2.45) is 5.92 Å². The summed E-state index contributed by atoms with van der Waals surface area (Å²) in [6, 6.07) is 7.17. The molecule has 0 radical (unpaired) electrons. The Kier molecular flexibility index (Phi) is 4.75. The average Bonchev–Trinajstić information content (AvgIpc) is 2.84. The van der Waals surface area contributed by atoms with Gasteiger partial charge in [0, 0.05) is 31.7 Å². The zero-order valence-electron chi connectivity index (χ0n) is 10.3. The number of benzene rings is 1. The lowest BCUT2D eigenvalue weighted by molar-refractivity contribution is 0.0967. The summed E-state index contributed by atoms with van der Waals surface area (Å²) in [5, 5.41) is 9.59. The smallest absolute Gasteiger partial charge is 0.165 e. The van der Waals surface area contributed by atoms with Crippen LogP contribution >= 0.6 is 11.6 Å². The molecule has 4 heteroatoms. The van der Waals surface area contributed by atoms with Gasteiger partial charge in [-0.15, -0.1) is 0 Å². The Labute approximate surface area is 112 Å². The van der Waals surface area contributed by atoms with Gasteiger partial charge in [-0.3, -0.25) is 4.79 Å². The molecular formula is C14H18ClNO2. The van der Waals surface area contributed by atoms with Crippen molar-refractivity contribution in [1.82, 2.24) is 4.90 Å². The first-order valence-corrected chi connectivity index (χ1v) is 6.69. The second-order valence-electron chi connectivity index (χ2n) is 4.79. The van der Waals surface area contributed by atoms with E-state index in [1.54, 1.807) is 12.1 Å². The van der Waals surface area contributed by atoms with E-state index in [-0.39, 0.29) is 12.4 Å². The molecule has 0 bridgehead atoms. The van der Waals surface area contributed by atoms with Crippen LogP contribution in [0, 0.1) is 5.92 Å². The minimum absolute atomic E-state index is 0.0908. The molecule has 1 aliphatic rings. The summed E-state index contributed by atoms with van der Waals surface area (Å²) in [4.78, 5) is 14.2. The van der Waals surface area contributed by atoms with Crippen LogP contribution in [0.1, 0.15) is 23.2 Å². The minimum atomic E-state index is 0.0908. The number of hydrogen-bond donors (Lipinski definition) is 1. The molecule has 1 fully saturated rings. The van der Waals surface area contributed by atoms with Crippen molar-refractivity contribution in [2.75, 3.05) is 26.2 Å². The molecule has 0 aromatic heterocycles. The van der Waals surface area contributed by atoms with Gasteiger partial charge in [-0.1, -0.05) is 23.7 Å². The molecule has 1 heterocycles. The Balaban J connectivity index is 1.84. The number of carbonyl (C=O) groups excluding carboxylic acids is 1. The van der Waals surface area contributed by atoms with E-state index in [0.717, 1.165) is 26.1 Å². The number of hydrogen-bond acceptors (Lipinski definition) is 3. The maximum Gasteiger partial charge on any atom is 0.165 e. The number of aliphatic hydroxyl groups is 1. The molecule has 0 spiro atoms. The highest BCUT2D eigenvalue weighted by atomic mass is 35.5. The van der Waals surface area contributed by atoms with E-state index in [2.05, 4.69) is 4.90 Å². The summed E-state index contributed by atoms with van der Waals surface area (Å²) in [6.07, 6.45) is 1.51. The monoisotopic (exact) mass is 267 g/mol. The van der Waals surface area contributed by atoms with Gasteiger partial charge in [-0.05, 0) is 31.0 Å². The third-order valence-corrected chi connectivity index (χ3v) is 3.79. The Bertz CT molecular complexity index is 422. The van der Waals surface area contributed by atoms with E-state index in [1.165, 1.54) is 0 Å². The van der Waals surface area contributed by atoms with Crippen LogP contribution in [0.5, 0.6) is 0 Å². The van der Waals surface area contributed by atoms with Gasteiger partial charge in [0.1, 0.15) is 0 Å². The Morgan fingerprint density at radius 2 is 2.22 bits per heavy atom. The molecule has 1 unspecified atom stereocenters. The third kappa shape index (κ3) is 3.31. The van der Waals surface area contributed by atoms with Crippen LogP contribution in [-0.2, 0) is 0 Å². The molecule has 0 aliphatic carbocycles. The molecule has 1 aromatic carbocycles. The standard InChI is InChI=1S/C14H18ClNO2/c15-13-4-2-1-3-12(13)14(18)6-8-16-7-5-11(9-16)10-17/h1-4,11,17H,5-10H2. The molecule has 0 saturated carbocycles. The third-order valence-electron chi connectivity index (χ3n) is 3.46. The van der Waals surface area contributed by atoms with Crippen LogP contribution in [0.3, 0.4) is 0 Å². The van der Waals surface area contributed by atoms with Gasteiger partial charge in [0.15, 0.2) is 5.78 Å². The lowest BCUT2D eigenvalue weighted by Crippen LogP contribution is -2.24. The van der Waals surface area contributed by atoms with Crippen molar-refractivity contribution in [1.29, 1.82) is 0 Å². The Hall–Kier alpha value is -0.900. The number of ketones is 1. The van der Waals surface area contributed by atoms with Gasteiger partial charge in [-0.2, -0.15) is 0 Å². The summed E-state index contributed by atoms with van der Waals surface area (Å²) < 4.78 is 0. The first kappa shape index (κ1) is 13.5. The maximum atomic E-state index is 12.0. The number of carbonyl (C=O) groups is 1. The predicted molar refractivity (Wildman–Crippen MR) is 72.0 cm³/mol. The zero-order valence-corrected chi connectivity index (χ0v) is 11.1. The second-order valence-corrected chi connectivity index (χ2v) is 5.20. The van der Waals surface area contributed by atoms with E-state index in [9.17, 15) is 4.79 Å². The lowest BCUT2D eigenvalue weighted by atomic mass is 10.1. The largest absolute Gasteiger partial charge is 0.396 e. The molecule has 1 saturated heterocycles. The predicted octanol–water partition coefficient (Wildman–Crippen LogP) is 2.23. The second kappa shape index (κ2) is 6.32. The normalized spacial score (nSPS) is 20.2. The van der Waals surface area contributed by atoms with Crippen molar-refractivity contribution in [3.8, 4) is 0 Å². The van der Waals surface area contributed by atoms with Crippen LogP contribution in [0.25, 0.3) is 0 Å². The average molecular weight is 268 g/mol. The number of likely N-dealkylation sites (tertiary alicyclic amines) is 1. The molecule has 98 valence electrons. The van der Waals surface area contributed by atoms with Crippen molar-refractivity contribution in [2.45, 2.75) is 12.8 Å². The number of rotatable bonds is 5. The van der Waals surface area contributed by atoms with E-state index >= 15 is 0 Å². The summed E-state index contributed by atoms with van der Waals surface area (Å²) in [5.41, 5.74) is 0.608. The van der Waals surface area contributed by atoms with Crippen LogP contribution in [0.15, 0.2) is 24.3 Å². The van der Waals surface area contributed by atoms with Crippen LogP contribution in [0.4, 0.5) is 0 Å².